The predicted octanol–water partition coefficient (Wildman–Crippen LogP) is 4.38. The maximum Gasteiger partial charge on any atom is 0.200 e. The Morgan fingerprint density at radius 3 is 2.48 bits per heavy atom. The lowest BCUT2D eigenvalue weighted by Gasteiger charge is -2.07. The van der Waals surface area contributed by atoms with Gasteiger partial charge in [-0.15, -0.1) is 0 Å². The van der Waals surface area contributed by atoms with Gasteiger partial charge in [-0.05, 0) is 30.7 Å². The molecule has 6 heteroatoms. The number of pyridine rings is 1. The van der Waals surface area contributed by atoms with E-state index in [4.69, 9.17) is 0 Å². The molecule has 4 aromatic rings. The summed E-state index contributed by atoms with van der Waals surface area (Å²) in [6.07, 6.45) is 3.44. The number of halogens is 2. The Kier molecular flexibility index (Phi) is 3.46. The highest BCUT2D eigenvalue weighted by atomic mass is 19.2. The second-order valence-corrected chi connectivity index (χ2v) is 5.78. The van der Waals surface area contributed by atoms with Crippen molar-refractivity contribution in [2.24, 2.45) is 0 Å². The van der Waals surface area contributed by atoms with Crippen molar-refractivity contribution in [3.05, 3.63) is 72.2 Å². The SMILES string of the molecule is Cc1ccc(-c2ccc3c(cnn3-c3cc(O)c(F)c(F)c3)c2)cn1. The zero-order valence-corrected chi connectivity index (χ0v) is 13.2. The zero-order chi connectivity index (χ0) is 17.6. The van der Waals surface area contributed by atoms with Gasteiger partial charge in [0.2, 0.25) is 0 Å². The molecule has 124 valence electrons. The molecule has 2 aromatic carbocycles. The molecule has 4 nitrogen and oxygen atoms in total. The van der Waals surface area contributed by atoms with Gasteiger partial charge < -0.3 is 5.11 Å². The van der Waals surface area contributed by atoms with E-state index in [0.717, 1.165) is 34.3 Å². The number of nitrogens with zero attached hydrogens (tertiary/aromatic N) is 3. The highest BCUT2D eigenvalue weighted by Crippen LogP contribution is 2.28. The van der Waals surface area contributed by atoms with Gasteiger partial charge in [0.25, 0.3) is 0 Å². The van der Waals surface area contributed by atoms with Crippen LogP contribution in [0.15, 0.2) is 54.9 Å². The van der Waals surface area contributed by atoms with Gasteiger partial charge in [-0.3, -0.25) is 4.98 Å². The van der Waals surface area contributed by atoms with Gasteiger partial charge in [-0.1, -0.05) is 12.1 Å². The van der Waals surface area contributed by atoms with Gasteiger partial charge in [0.05, 0.1) is 17.4 Å². The molecular formula is C19H13F2N3O. The Morgan fingerprint density at radius 1 is 0.960 bits per heavy atom. The molecule has 0 fully saturated rings. The van der Waals surface area contributed by atoms with Gasteiger partial charge >= 0.3 is 0 Å². The summed E-state index contributed by atoms with van der Waals surface area (Å²) in [5.74, 6) is -3.14. The number of fused-ring (bicyclic) bond motifs is 1. The van der Waals surface area contributed by atoms with Crippen LogP contribution in [-0.4, -0.2) is 19.9 Å². The molecule has 2 aromatic heterocycles. The predicted molar refractivity (Wildman–Crippen MR) is 90.6 cm³/mol. The van der Waals surface area contributed by atoms with E-state index in [9.17, 15) is 13.9 Å². The summed E-state index contributed by atoms with van der Waals surface area (Å²) < 4.78 is 28.3. The van der Waals surface area contributed by atoms with Crippen LogP contribution in [0.25, 0.3) is 27.7 Å². The molecule has 4 rings (SSSR count). The number of phenolic OH excluding ortho intramolecular Hbond substituents is 1. The summed E-state index contributed by atoms with van der Waals surface area (Å²) in [5, 5.41) is 14.6. The van der Waals surface area contributed by atoms with Crippen molar-refractivity contribution in [2.45, 2.75) is 6.92 Å². The molecule has 0 aliphatic rings. The number of aromatic hydroxyl groups is 1. The number of aryl methyl sites for hydroxylation is 1. The lowest BCUT2D eigenvalue weighted by atomic mass is 10.1. The summed E-state index contributed by atoms with van der Waals surface area (Å²) >= 11 is 0. The summed E-state index contributed by atoms with van der Waals surface area (Å²) in [6, 6.07) is 11.8. The second kappa shape index (κ2) is 5.66. The fourth-order valence-electron chi connectivity index (χ4n) is 2.74. The molecule has 0 bridgehead atoms. The van der Waals surface area contributed by atoms with E-state index in [-0.39, 0.29) is 5.69 Å². The van der Waals surface area contributed by atoms with Crippen LogP contribution in [0, 0.1) is 18.6 Å². The standard InChI is InChI=1S/C19H13F2N3O/c1-11-2-3-13(9-22-11)12-4-5-17-14(6-12)10-23-24(17)15-7-16(20)19(21)18(25)8-15/h2-10,25H,1H3. The van der Waals surface area contributed by atoms with Gasteiger partial charge in [0.1, 0.15) is 0 Å². The van der Waals surface area contributed by atoms with Gasteiger partial charge in [0, 0.05) is 35.0 Å². The van der Waals surface area contributed by atoms with Gasteiger partial charge in [-0.25, -0.2) is 9.07 Å². The zero-order valence-electron chi connectivity index (χ0n) is 13.2. The Morgan fingerprint density at radius 2 is 1.76 bits per heavy atom. The average molecular weight is 337 g/mol. The van der Waals surface area contributed by atoms with E-state index in [1.54, 1.807) is 12.4 Å². The molecule has 0 radical (unpaired) electrons. The summed E-state index contributed by atoms with van der Waals surface area (Å²) in [6.45, 7) is 1.92. The van der Waals surface area contributed by atoms with Crippen molar-refractivity contribution >= 4 is 10.9 Å². The van der Waals surface area contributed by atoms with Crippen molar-refractivity contribution in [1.82, 2.24) is 14.8 Å². The fourth-order valence-corrected chi connectivity index (χ4v) is 2.74. The maximum absolute atomic E-state index is 13.6. The second-order valence-electron chi connectivity index (χ2n) is 5.78. The highest BCUT2D eigenvalue weighted by Gasteiger charge is 2.13. The third kappa shape index (κ3) is 2.61. The molecule has 0 aliphatic carbocycles. The smallest absolute Gasteiger partial charge is 0.200 e. The molecule has 2 heterocycles. The van der Waals surface area contributed by atoms with Crippen LogP contribution in [0.2, 0.25) is 0 Å². The van der Waals surface area contributed by atoms with Crippen molar-refractivity contribution in [3.8, 4) is 22.6 Å². The number of hydrogen-bond donors (Lipinski definition) is 1. The monoisotopic (exact) mass is 337 g/mol. The van der Waals surface area contributed by atoms with Crippen molar-refractivity contribution in [1.29, 1.82) is 0 Å². The molecule has 0 aliphatic heterocycles. The van der Waals surface area contributed by atoms with E-state index in [2.05, 4.69) is 10.1 Å². The molecule has 0 atom stereocenters. The van der Waals surface area contributed by atoms with Crippen LogP contribution in [0.3, 0.4) is 0 Å². The van der Waals surface area contributed by atoms with Crippen LogP contribution in [0.5, 0.6) is 5.75 Å². The Labute approximate surface area is 142 Å². The van der Waals surface area contributed by atoms with E-state index in [1.165, 1.54) is 4.68 Å². The summed E-state index contributed by atoms with van der Waals surface area (Å²) in [7, 11) is 0. The normalized spacial score (nSPS) is 11.2. The number of aromatic nitrogens is 3. The average Bonchev–Trinajstić information content (AvgIpc) is 3.03. The number of rotatable bonds is 2. The van der Waals surface area contributed by atoms with Crippen LogP contribution in [0.1, 0.15) is 5.69 Å². The Balaban J connectivity index is 1.82. The minimum absolute atomic E-state index is 0.246. The van der Waals surface area contributed by atoms with Crippen molar-refractivity contribution < 1.29 is 13.9 Å². The van der Waals surface area contributed by atoms with Crippen LogP contribution < -0.4 is 0 Å². The van der Waals surface area contributed by atoms with Gasteiger partial charge in [0.15, 0.2) is 17.4 Å². The molecule has 0 saturated carbocycles. The first-order valence-electron chi connectivity index (χ1n) is 7.62. The fraction of sp³-hybridized carbons (Fsp3) is 0.0526. The third-order valence-corrected chi connectivity index (χ3v) is 4.05. The lowest BCUT2D eigenvalue weighted by Crippen LogP contribution is -1.98. The van der Waals surface area contributed by atoms with Crippen LogP contribution >= 0.6 is 0 Å². The summed E-state index contributed by atoms with van der Waals surface area (Å²) in [4.78, 5) is 4.29. The van der Waals surface area contributed by atoms with Gasteiger partial charge in [-0.2, -0.15) is 9.49 Å². The molecular weight excluding hydrogens is 324 g/mol. The first-order chi connectivity index (χ1) is 12.0. The molecule has 0 spiro atoms. The highest BCUT2D eigenvalue weighted by molar-refractivity contribution is 5.85. The topological polar surface area (TPSA) is 50.9 Å². The van der Waals surface area contributed by atoms with E-state index in [1.807, 2.05) is 37.3 Å². The van der Waals surface area contributed by atoms with Crippen molar-refractivity contribution in [2.75, 3.05) is 0 Å². The molecule has 25 heavy (non-hydrogen) atoms. The first-order valence-corrected chi connectivity index (χ1v) is 7.62. The largest absolute Gasteiger partial charge is 0.505 e. The van der Waals surface area contributed by atoms with E-state index < -0.39 is 17.4 Å². The first kappa shape index (κ1) is 15.3. The van der Waals surface area contributed by atoms with Crippen molar-refractivity contribution in [3.63, 3.8) is 0 Å². The number of phenols is 1. The van der Waals surface area contributed by atoms with Crippen LogP contribution in [0.4, 0.5) is 8.78 Å². The third-order valence-electron chi connectivity index (χ3n) is 4.05. The maximum atomic E-state index is 13.6. The molecule has 0 saturated heterocycles. The minimum Gasteiger partial charge on any atom is -0.505 e. The number of hydrogen-bond acceptors (Lipinski definition) is 3. The van der Waals surface area contributed by atoms with Crippen LogP contribution in [-0.2, 0) is 0 Å². The minimum atomic E-state index is -1.27. The van der Waals surface area contributed by atoms with E-state index in [0.29, 0.717) is 5.52 Å². The lowest BCUT2D eigenvalue weighted by molar-refractivity contribution is 0.406. The summed E-state index contributed by atoms with van der Waals surface area (Å²) in [5.41, 5.74) is 3.86. The molecule has 0 amide bonds. The quantitative estimate of drug-likeness (QED) is 0.590. The molecule has 1 N–H and O–H groups in total. The number of benzene rings is 2. The molecule has 0 unspecified atom stereocenters. The Hall–Kier alpha value is -3.28. The Bertz CT molecular complexity index is 1060. The van der Waals surface area contributed by atoms with E-state index >= 15 is 0 Å².